The quantitative estimate of drug-likeness (QED) is 0.722. The lowest BCUT2D eigenvalue weighted by molar-refractivity contribution is 0.483. The summed E-state index contributed by atoms with van der Waals surface area (Å²) in [7, 11) is 3.76. The Morgan fingerprint density at radius 1 is 0.889 bits per heavy atom. The second-order valence-electron chi connectivity index (χ2n) is 3.88. The molecule has 18 heavy (non-hydrogen) atoms. The average Bonchev–Trinajstić information content (AvgIpc) is 2.38. The summed E-state index contributed by atoms with van der Waals surface area (Å²) in [6, 6.07) is 13.2. The van der Waals surface area contributed by atoms with Crippen LogP contribution in [-0.4, -0.2) is 14.1 Å². The van der Waals surface area contributed by atoms with Gasteiger partial charge in [-0.25, -0.2) is 0 Å². The zero-order valence-corrected chi connectivity index (χ0v) is 10.5. The average molecular weight is 243 g/mol. The fraction of sp³-hybridized carbons (Fsp3) is 0.143. The van der Waals surface area contributed by atoms with Crippen LogP contribution in [0.5, 0.6) is 11.5 Å². The van der Waals surface area contributed by atoms with Gasteiger partial charge in [0, 0.05) is 31.9 Å². The third kappa shape index (κ3) is 2.66. The van der Waals surface area contributed by atoms with E-state index >= 15 is 0 Å². The first-order valence-corrected chi connectivity index (χ1v) is 5.76. The summed E-state index contributed by atoms with van der Waals surface area (Å²) in [5.74, 6) is 1.50. The van der Waals surface area contributed by atoms with Gasteiger partial charge in [0.2, 0.25) is 0 Å². The van der Waals surface area contributed by atoms with Crippen molar-refractivity contribution in [1.29, 1.82) is 0 Å². The van der Waals surface area contributed by atoms with E-state index < -0.39 is 0 Å². The van der Waals surface area contributed by atoms with Crippen molar-refractivity contribution in [3.8, 4) is 11.5 Å². The molecule has 4 nitrogen and oxygen atoms in total. The molecule has 94 valence electrons. The largest absolute Gasteiger partial charge is 0.457 e. The van der Waals surface area contributed by atoms with Crippen molar-refractivity contribution in [2.24, 2.45) is 0 Å². The number of nitrogens with one attached hydrogen (secondary N) is 2. The lowest BCUT2D eigenvalue weighted by Crippen LogP contribution is -1.97. The van der Waals surface area contributed by atoms with Crippen molar-refractivity contribution >= 4 is 17.1 Å². The SMILES string of the molecule is CNc1ccc(Oc2cccc(N)c2)cc1NC. The number of hydrogen-bond donors (Lipinski definition) is 3. The molecule has 2 aromatic carbocycles. The van der Waals surface area contributed by atoms with Gasteiger partial charge in [0.25, 0.3) is 0 Å². The van der Waals surface area contributed by atoms with E-state index in [9.17, 15) is 0 Å². The van der Waals surface area contributed by atoms with Crippen LogP contribution >= 0.6 is 0 Å². The minimum atomic E-state index is 0.688. The maximum Gasteiger partial charge on any atom is 0.129 e. The third-order valence-electron chi connectivity index (χ3n) is 2.62. The molecule has 2 rings (SSSR count). The summed E-state index contributed by atoms with van der Waals surface area (Å²) in [5.41, 5.74) is 8.41. The van der Waals surface area contributed by atoms with Gasteiger partial charge in [0.05, 0.1) is 11.4 Å². The molecule has 0 amide bonds. The summed E-state index contributed by atoms with van der Waals surface area (Å²) in [6.07, 6.45) is 0. The molecule has 0 saturated carbocycles. The Kier molecular flexibility index (Phi) is 3.57. The predicted octanol–water partition coefficient (Wildman–Crippen LogP) is 3.14. The van der Waals surface area contributed by atoms with Gasteiger partial charge in [0.15, 0.2) is 0 Å². The first-order valence-electron chi connectivity index (χ1n) is 5.76. The van der Waals surface area contributed by atoms with Gasteiger partial charge in [-0.2, -0.15) is 0 Å². The van der Waals surface area contributed by atoms with Crippen molar-refractivity contribution in [3.05, 3.63) is 42.5 Å². The first-order chi connectivity index (χ1) is 8.72. The summed E-state index contributed by atoms with van der Waals surface area (Å²) in [6.45, 7) is 0. The van der Waals surface area contributed by atoms with Crippen LogP contribution in [-0.2, 0) is 0 Å². The number of nitrogen functional groups attached to an aromatic ring is 1. The van der Waals surface area contributed by atoms with Crippen LogP contribution in [0.1, 0.15) is 0 Å². The van der Waals surface area contributed by atoms with Gasteiger partial charge in [-0.3, -0.25) is 0 Å². The van der Waals surface area contributed by atoms with Crippen LogP contribution in [0.4, 0.5) is 17.1 Å². The van der Waals surface area contributed by atoms with Gasteiger partial charge in [-0.05, 0) is 24.3 Å². The maximum atomic E-state index is 5.75. The summed E-state index contributed by atoms with van der Waals surface area (Å²) < 4.78 is 5.75. The number of hydrogen-bond acceptors (Lipinski definition) is 4. The molecule has 0 heterocycles. The third-order valence-corrected chi connectivity index (χ3v) is 2.62. The van der Waals surface area contributed by atoms with Crippen LogP contribution in [0, 0.1) is 0 Å². The van der Waals surface area contributed by atoms with Crippen LogP contribution in [0.25, 0.3) is 0 Å². The zero-order valence-electron chi connectivity index (χ0n) is 10.5. The van der Waals surface area contributed by atoms with E-state index in [1.54, 1.807) is 6.07 Å². The molecular formula is C14H17N3O. The molecule has 0 spiro atoms. The Balaban J connectivity index is 2.24. The van der Waals surface area contributed by atoms with Crippen molar-refractivity contribution in [2.75, 3.05) is 30.5 Å². The standard InChI is InChI=1S/C14H17N3O/c1-16-13-7-6-12(9-14(13)17-2)18-11-5-3-4-10(15)8-11/h3-9,16-17H,15H2,1-2H3. The molecule has 0 unspecified atom stereocenters. The number of benzene rings is 2. The number of nitrogens with two attached hydrogens (primary N) is 1. The monoisotopic (exact) mass is 243 g/mol. The summed E-state index contributed by atoms with van der Waals surface area (Å²) in [4.78, 5) is 0. The highest BCUT2D eigenvalue weighted by atomic mass is 16.5. The molecule has 0 radical (unpaired) electrons. The van der Waals surface area contributed by atoms with Gasteiger partial charge >= 0.3 is 0 Å². The summed E-state index contributed by atoms with van der Waals surface area (Å²) in [5, 5.41) is 6.23. The van der Waals surface area contributed by atoms with Crippen molar-refractivity contribution in [2.45, 2.75) is 0 Å². The highest BCUT2D eigenvalue weighted by Crippen LogP contribution is 2.29. The molecule has 0 fully saturated rings. The Hall–Kier alpha value is -2.36. The van der Waals surface area contributed by atoms with Gasteiger partial charge in [-0.15, -0.1) is 0 Å². The lowest BCUT2D eigenvalue weighted by Gasteiger charge is -2.12. The number of anilines is 3. The predicted molar refractivity (Wildman–Crippen MR) is 76.5 cm³/mol. The second kappa shape index (κ2) is 5.31. The van der Waals surface area contributed by atoms with E-state index in [1.165, 1.54) is 0 Å². The number of rotatable bonds is 4. The Labute approximate surface area is 107 Å². The van der Waals surface area contributed by atoms with Crippen LogP contribution < -0.4 is 21.1 Å². The molecule has 0 aliphatic heterocycles. The molecule has 0 bridgehead atoms. The Morgan fingerprint density at radius 2 is 1.61 bits per heavy atom. The van der Waals surface area contributed by atoms with Gasteiger partial charge in [-0.1, -0.05) is 6.07 Å². The first kappa shape index (κ1) is 12.1. The van der Waals surface area contributed by atoms with E-state index in [-0.39, 0.29) is 0 Å². The fourth-order valence-electron chi connectivity index (χ4n) is 1.73. The molecule has 0 aliphatic carbocycles. The van der Waals surface area contributed by atoms with E-state index in [0.29, 0.717) is 5.69 Å². The molecule has 4 heteroatoms. The minimum absolute atomic E-state index is 0.688. The second-order valence-corrected chi connectivity index (χ2v) is 3.88. The molecule has 0 atom stereocenters. The van der Waals surface area contributed by atoms with E-state index in [1.807, 2.05) is 50.5 Å². The van der Waals surface area contributed by atoms with Gasteiger partial charge in [0.1, 0.15) is 11.5 Å². The molecule has 0 aliphatic rings. The zero-order chi connectivity index (χ0) is 13.0. The van der Waals surface area contributed by atoms with Crippen LogP contribution in [0.2, 0.25) is 0 Å². The van der Waals surface area contributed by atoms with Crippen LogP contribution in [0.3, 0.4) is 0 Å². The summed E-state index contributed by atoms with van der Waals surface area (Å²) >= 11 is 0. The van der Waals surface area contributed by atoms with E-state index in [2.05, 4.69) is 10.6 Å². The normalized spacial score (nSPS) is 9.89. The Bertz CT molecular complexity index is 540. The molecule has 0 aromatic heterocycles. The van der Waals surface area contributed by atoms with Gasteiger partial charge < -0.3 is 21.1 Å². The lowest BCUT2D eigenvalue weighted by atomic mass is 10.2. The molecular weight excluding hydrogens is 226 g/mol. The molecule has 2 aromatic rings. The van der Waals surface area contributed by atoms with E-state index in [4.69, 9.17) is 10.5 Å². The Morgan fingerprint density at radius 3 is 2.28 bits per heavy atom. The topological polar surface area (TPSA) is 59.3 Å². The molecule has 0 saturated heterocycles. The van der Waals surface area contributed by atoms with Crippen molar-refractivity contribution in [3.63, 3.8) is 0 Å². The van der Waals surface area contributed by atoms with Crippen LogP contribution in [0.15, 0.2) is 42.5 Å². The number of ether oxygens (including phenoxy) is 1. The fourth-order valence-corrected chi connectivity index (χ4v) is 1.73. The smallest absolute Gasteiger partial charge is 0.129 e. The minimum Gasteiger partial charge on any atom is -0.457 e. The highest BCUT2D eigenvalue weighted by Gasteiger charge is 2.03. The molecule has 4 N–H and O–H groups in total. The maximum absolute atomic E-state index is 5.75. The van der Waals surface area contributed by atoms with Crippen molar-refractivity contribution in [1.82, 2.24) is 0 Å². The highest BCUT2D eigenvalue weighted by molar-refractivity contribution is 5.70. The van der Waals surface area contributed by atoms with Crippen molar-refractivity contribution < 1.29 is 4.74 Å². The van der Waals surface area contributed by atoms with E-state index in [0.717, 1.165) is 22.9 Å².